The number of rotatable bonds is 4. The second-order valence-electron chi connectivity index (χ2n) is 4.86. The maximum Gasteiger partial charge on any atom is 0.288 e. The van der Waals surface area contributed by atoms with E-state index in [9.17, 15) is 10.1 Å². The molecule has 0 amide bonds. The van der Waals surface area contributed by atoms with Gasteiger partial charge in [0.2, 0.25) is 4.77 Å². The first-order valence-corrected chi connectivity index (χ1v) is 8.46. The van der Waals surface area contributed by atoms with E-state index in [1.807, 2.05) is 24.3 Å². The summed E-state index contributed by atoms with van der Waals surface area (Å²) in [7, 11) is 0. The largest absolute Gasteiger partial charge is 0.288 e. The highest BCUT2D eigenvalue weighted by atomic mass is 79.9. The molecule has 0 aliphatic heterocycles. The highest BCUT2D eigenvalue weighted by Gasteiger charge is 2.13. The molecule has 126 valence electrons. The van der Waals surface area contributed by atoms with E-state index in [-0.39, 0.29) is 10.7 Å². The smallest absolute Gasteiger partial charge is 0.258 e. The number of hydrogen-bond donors (Lipinski definition) is 1. The fraction of sp³-hybridized carbons (Fsp3) is 0. The Labute approximate surface area is 160 Å². The van der Waals surface area contributed by atoms with E-state index < -0.39 is 4.92 Å². The van der Waals surface area contributed by atoms with Gasteiger partial charge in [0.25, 0.3) is 5.69 Å². The van der Waals surface area contributed by atoms with E-state index in [1.54, 1.807) is 6.07 Å². The molecule has 0 spiro atoms. The predicted molar refractivity (Wildman–Crippen MR) is 102 cm³/mol. The van der Waals surface area contributed by atoms with Crippen LogP contribution in [0.3, 0.4) is 0 Å². The van der Waals surface area contributed by atoms with Gasteiger partial charge in [-0.15, -0.1) is 0 Å². The standard InChI is InChI=1S/C15H9BrClN5O2S/c16-11-4-2-1-3-10(11)14-19-20-15(25)21(14)18-8-9-5-6-12(17)13(7-9)22(23)24/h1-8H,(H,20,25). The zero-order valence-corrected chi connectivity index (χ0v) is 15.5. The van der Waals surface area contributed by atoms with Crippen LogP contribution >= 0.6 is 39.7 Å². The summed E-state index contributed by atoms with van der Waals surface area (Å²) in [5.41, 5.74) is 1.12. The molecule has 0 bridgehead atoms. The molecule has 0 saturated carbocycles. The molecule has 0 radical (unpaired) electrons. The van der Waals surface area contributed by atoms with Crippen LogP contribution < -0.4 is 0 Å². The normalized spacial score (nSPS) is 11.1. The van der Waals surface area contributed by atoms with Gasteiger partial charge in [-0.25, -0.2) is 5.10 Å². The third-order valence-corrected chi connectivity index (χ3v) is 4.53. The molecular weight excluding hydrogens is 430 g/mol. The van der Waals surface area contributed by atoms with Crippen LogP contribution in [0.1, 0.15) is 5.56 Å². The third-order valence-electron chi connectivity index (χ3n) is 3.25. The molecular formula is C15H9BrClN5O2S. The van der Waals surface area contributed by atoms with Crippen molar-refractivity contribution in [3.8, 4) is 11.4 Å². The SMILES string of the molecule is O=[N+]([O-])c1cc(C=Nn2c(-c3ccccc3Br)n[nH]c2=S)ccc1Cl. The summed E-state index contributed by atoms with van der Waals surface area (Å²) in [6.07, 6.45) is 1.45. The van der Waals surface area contributed by atoms with Crippen LogP contribution in [0.15, 0.2) is 52.0 Å². The lowest BCUT2D eigenvalue weighted by atomic mass is 10.2. The lowest BCUT2D eigenvalue weighted by molar-refractivity contribution is -0.384. The number of nitro groups is 1. The number of nitro benzene ring substituents is 1. The number of aromatic amines is 1. The van der Waals surface area contributed by atoms with Crippen LogP contribution in [-0.2, 0) is 0 Å². The Hall–Kier alpha value is -2.36. The zero-order chi connectivity index (χ0) is 18.0. The minimum absolute atomic E-state index is 0.0657. The Balaban J connectivity index is 2.02. The number of halogens is 2. The Morgan fingerprint density at radius 3 is 2.84 bits per heavy atom. The van der Waals surface area contributed by atoms with Crippen LogP contribution in [0.4, 0.5) is 5.69 Å². The molecule has 0 unspecified atom stereocenters. The average molecular weight is 439 g/mol. The molecule has 7 nitrogen and oxygen atoms in total. The number of H-pyrrole nitrogens is 1. The maximum absolute atomic E-state index is 11.0. The van der Waals surface area contributed by atoms with Gasteiger partial charge in [0.05, 0.1) is 11.1 Å². The second kappa shape index (κ2) is 7.26. The van der Waals surface area contributed by atoms with Crippen molar-refractivity contribution in [2.75, 3.05) is 0 Å². The maximum atomic E-state index is 11.0. The molecule has 1 aromatic heterocycles. The number of nitrogens with zero attached hydrogens (tertiary/aromatic N) is 4. The summed E-state index contributed by atoms with van der Waals surface area (Å²) in [5.74, 6) is 0.511. The monoisotopic (exact) mass is 437 g/mol. The number of hydrogen-bond acceptors (Lipinski definition) is 5. The fourth-order valence-electron chi connectivity index (χ4n) is 2.09. The first-order chi connectivity index (χ1) is 12.0. The van der Waals surface area contributed by atoms with Crippen molar-refractivity contribution in [1.29, 1.82) is 0 Å². The van der Waals surface area contributed by atoms with E-state index in [0.29, 0.717) is 16.2 Å². The van der Waals surface area contributed by atoms with Crippen molar-refractivity contribution >= 4 is 51.7 Å². The Bertz CT molecular complexity index is 1050. The molecule has 0 atom stereocenters. The predicted octanol–water partition coefficient (Wildman–Crippen LogP) is 4.81. The number of nitrogens with one attached hydrogen (secondary N) is 1. The summed E-state index contributed by atoms with van der Waals surface area (Å²) in [5, 5.41) is 22.2. The van der Waals surface area contributed by atoms with Gasteiger partial charge in [-0.1, -0.05) is 45.7 Å². The van der Waals surface area contributed by atoms with Gasteiger partial charge in [-0.2, -0.15) is 14.9 Å². The van der Waals surface area contributed by atoms with Gasteiger partial charge < -0.3 is 0 Å². The summed E-state index contributed by atoms with van der Waals surface area (Å²) >= 11 is 14.5. The van der Waals surface area contributed by atoms with E-state index >= 15 is 0 Å². The van der Waals surface area contributed by atoms with Crippen LogP contribution in [0.25, 0.3) is 11.4 Å². The minimum Gasteiger partial charge on any atom is -0.258 e. The summed E-state index contributed by atoms with van der Waals surface area (Å²) in [6, 6.07) is 11.9. The molecule has 3 aromatic rings. The van der Waals surface area contributed by atoms with Crippen LogP contribution in [0, 0.1) is 14.9 Å². The third kappa shape index (κ3) is 3.68. The van der Waals surface area contributed by atoms with Crippen molar-refractivity contribution < 1.29 is 4.92 Å². The molecule has 3 rings (SSSR count). The lowest BCUT2D eigenvalue weighted by Crippen LogP contribution is -1.96. The van der Waals surface area contributed by atoms with E-state index in [0.717, 1.165) is 10.0 Å². The number of benzene rings is 2. The van der Waals surface area contributed by atoms with Crippen molar-refractivity contribution in [1.82, 2.24) is 14.9 Å². The Morgan fingerprint density at radius 1 is 1.36 bits per heavy atom. The molecule has 2 aromatic carbocycles. The molecule has 0 aliphatic carbocycles. The fourth-order valence-corrected chi connectivity index (χ4v) is 2.92. The molecule has 0 saturated heterocycles. The molecule has 0 aliphatic rings. The average Bonchev–Trinajstić information content (AvgIpc) is 2.95. The van der Waals surface area contributed by atoms with Crippen molar-refractivity contribution in [2.24, 2.45) is 5.10 Å². The van der Waals surface area contributed by atoms with E-state index in [4.69, 9.17) is 23.8 Å². The van der Waals surface area contributed by atoms with Gasteiger partial charge in [-0.05, 0) is 30.4 Å². The molecule has 1 heterocycles. The van der Waals surface area contributed by atoms with Crippen molar-refractivity contribution in [3.05, 3.63) is 72.4 Å². The Morgan fingerprint density at radius 2 is 2.12 bits per heavy atom. The van der Waals surface area contributed by atoms with Gasteiger partial charge in [0, 0.05) is 21.7 Å². The quantitative estimate of drug-likeness (QED) is 0.274. The van der Waals surface area contributed by atoms with Gasteiger partial charge in [0.1, 0.15) is 5.02 Å². The van der Waals surface area contributed by atoms with Crippen molar-refractivity contribution in [3.63, 3.8) is 0 Å². The van der Waals surface area contributed by atoms with Gasteiger partial charge in [0.15, 0.2) is 5.82 Å². The summed E-state index contributed by atoms with van der Waals surface area (Å²) in [6.45, 7) is 0. The van der Waals surface area contributed by atoms with Crippen molar-refractivity contribution in [2.45, 2.75) is 0 Å². The summed E-state index contributed by atoms with van der Waals surface area (Å²) < 4.78 is 2.57. The van der Waals surface area contributed by atoms with Gasteiger partial charge >= 0.3 is 0 Å². The van der Waals surface area contributed by atoms with Crippen LogP contribution in [-0.4, -0.2) is 26.0 Å². The van der Waals surface area contributed by atoms with Gasteiger partial charge in [-0.3, -0.25) is 10.1 Å². The first kappa shape index (κ1) is 17.5. The highest BCUT2D eigenvalue weighted by molar-refractivity contribution is 9.10. The van der Waals surface area contributed by atoms with Crippen LogP contribution in [0.5, 0.6) is 0 Å². The number of aromatic nitrogens is 3. The Kier molecular flexibility index (Phi) is 5.07. The zero-order valence-electron chi connectivity index (χ0n) is 12.4. The highest BCUT2D eigenvalue weighted by Crippen LogP contribution is 2.27. The minimum atomic E-state index is -0.546. The van der Waals surface area contributed by atoms with E-state index in [2.05, 4.69) is 31.2 Å². The molecule has 1 N–H and O–H groups in total. The first-order valence-electron chi connectivity index (χ1n) is 6.88. The molecule has 0 fully saturated rings. The van der Waals surface area contributed by atoms with E-state index in [1.165, 1.54) is 23.0 Å². The van der Waals surface area contributed by atoms with Crippen LogP contribution in [0.2, 0.25) is 5.02 Å². The molecule has 25 heavy (non-hydrogen) atoms. The lowest BCUT2D eigenvalue weighted by Gasteiger charge is -2.03. The topological polar surface area (TPSA) is 89.1 Å². The molecule has 10 heteroatoms. The summed E-state index contributed by atoms with van der Waals surface area (Å²) in [4.78, 5) is 10.4. The second-order valence-corrected chi connectivity index (χ2v) is 6.50.